The molecule has 0 atom stereocenters. The molecule has 21 heavy (non-hydrogen) atoms. The van der Waals surface area contributed by atoms with E-state index >= 15 is 0 Å². The molecule has 2 aromatic rings. The zero-order valence-corrected chi connectivity index (χ0v) is 12.3. The molecule has 0 spiro atoms. The molecule has 1 aromatic carbocycles. The Labute approximate surface area is 124 Å². The first-order valence-electron chi connectivity index (χ1n) is 6.70. The largest absolute Gasteiger partial charge is 0.481 e. The van der Waals surface area contributed by atoms with Crippen molar-refractivity contribution < 1.29 is 4.74 Å². The second kappa shape index (κ2) is 6.85. The fourth-order valence-electron chi connectivity index (χ4n) is 2.22. The number of methoxy groups -OCH3 is 1. The summed E-state index contributed by atoms with van der Waals surface area (Å²) in [5.74, 6) is 0.746. The Morgan fingerprint density at radius 1 is 1.29 bits per heavy atom. The van der Waals surface area contributed by atoms with E-state index < -0.39 is 0 Å². The van der Waals surface area contributed by atoms with E-state index in [0.29, 0.717) is 5.88 Å². The summed E-state index contributed by atoms with van der Waals surface area (Å²) in [5.41, 5.74) is 8.43. The van der Waals surface area contributed by atoms with Gasteiger partial charge in [0.25, 0.3) is 0 Å². The third-order valence-electron chi connectivity index (χ3n) is 3.17. The summed E-state index contributed by atoms with van der Waals surface area (Å²) < 4.78 is 5.26. The van der Waals surface area contributed by atoms with E-state index in [2.05, 4.69) is 9.88 Å². The standard InChI is InChI=1S/C16H20N4O/c1-20(11-14-7-4-8-19-16(14)21-2)10-12-5-3-6-13(9-12)15(17)18/h3-9H,10-11H2,1-2H3,(H3,17,18). The molecule has 5 nitrogen and oxygen atoms in total. The summed E-state index contributed by atoms with van der Waals surface area (Å²) in [6.45, 7) is 1.50. The van der Waals surface area contributed by atoms with Gasteiger partial charge in [0.15, 0.2) is 0 Å². The monoisotopic (exact) mass is 284 g/mol. The molecule has 0 aliphatic heterocycles. The lowest BCUT2D eigenvalue weighted by Crippen LogP contribution is -2.18. The van der Waals surface area contributed by atoms with Gasteiger partial charge in [-0.15, -0.1) is 0 Å². The van der Waals surface area contributed by atoms with Crippen LogP contribution < -0.4 is 10.5 Å². The molecule has 0 saturated heterocycles. The van der Waals surface area contributed by atoms with Crippen molar-refractivity contribution >= 4 is 5.84 Å². The number of benzene rings is 1. The van der Waals surface area contributed by atoms with Crippen LogP contribution in [0.15, 0.2) is 42.6 Å². The van der Waals surface area contributed by atoms with Crippen LogP contribution in [0.5, 0.6) is 5.88 Å². The second-order valence-electron chi connectivity index (χ2n) is 4.96. The Balaban J connectivity index is 2.06. The minimum Gasteiger partial charge on any atom is -0.481 e. The van der Waals surface area contributed by atoms with Crippen molar-refractivity contribution in [2.75, 3.05) is 14.2 Å². The summed E-state index contributed by atoms with van der Waals surface area (Å²) in [6, 6.07) is 11.7. The fourth-order valence-corrected chi connectivity index (χ4v) is 2.22. The van der Waals surface area contributed by atoms with E-state index in [1.54, 1.807) is 13.3 Å². The van der Waals surface area contributed by atoms with Crippen LogP contribution in [0, 0.1) is 5.41 Å². The van der Waals surface area contributed by atoms with Crippen LogP contribution in [0.1, 0.15) is 16.7 Å². The second-order valence-corrected chi connectivity index (χ2v) is 4.96. The van der Waals surface area contributed by atoms with Crippen molar-refractivity contribution in [1.82, 2.24) is 9.88 Å². The molecule has 110 valence electrons. The van der Waals surface area contributed by atoms with Crippen molar-refractivity contribution in [1.29, 1.82) is 5.41 Å². The number of nitrogens with zero attached hydrogens (tertiary/aromatic N) is 2. The van der Waals surface area contributed by atoms with Crippen molar-refractivity contribution in [2.24, 2.45) is 5.73 Å². The minimum absolute atomic E-state index is 0.0911. The van der Waals surface area contributed by atoms with Crippen LogP contribution in [0.25, 0.3) is 0 Å². The minimum atomic E-state index is 0.0911. The van der Waals surface area contributed by atoms with Gasteiger partial charge in [0, 0.05) is 30.4 Å². The number of ether oxygens (including phenoxy) is 1. The molecule has 5 heteroatoms. The van der Waals surface area contributed by atoms with Gasteiger partial charge < -0.3 is 10.5 Å². The number of hydrogen-bond donors (Lipinski definition) is 2. The van der Waals surface area contributed by atoms with Gasteiger partial charge in [0.1, 0.15) is 5.84 Å². The topological polar surface area (TPSA) is 75.2 Å². The molecule has 1 aromatic heterocycles. The van der Waals surface area contributed by atoms with Gasteiger partial charge in [-0.2, -0.15) is 0 Å². The highest BCUT2D eigenvalue weighted by Crippen LogP contribution is 2.17. The van der Waals surface area contributed by atoms with Crippen LogP contribution in [0.4, 0.5) is 0 Å². The lowest BCUT2D eigenvalue weighted by Gasteiger charge is -2.18. The maximum absolute atomic E-state index is 7.49. The summed E-state index contributed by atoms with van der Waals surface area (Å²) >= 11 is 0. The number of hydrogen-bond acceptors (Lipinski definition) is 4. The normalized spacial score (nSPS) is 10.6. The highest BCUT2D eigenvalue weighted by Gasteiger charge is 2.08. The van der Waals surface area contributed by atoms with E-state index in [9.17, 15) is 0 Å². The van der Waals surface area contributed by atoms with Crippen molar-refractivity contribution in [3.63, 3.8) is 0 Å². The molecule has 0 unspecified atom stereocenters. The van der Waals surface area contributed by atoms with Gasteiger partial charge in [-0.1, -0.05) is 24.3 Å². The SMILES string of the molecule is COc1ncccc1CN(C)Cc1cccc(C(=N)N)c1. The van der Waals surface area contributed by atoms with Crippen LogP contribution in [0.3, 0.4) is 0 Å². The van der Waals surface area contributed by atoms with Gasteiger partial charge >= 0.3 is 0 Å². The number of amidine groups is 1. The molecule has 0 amide bonds. The lowest BCUT2D eigenvalue weighted by atomic mass is 10.1. The quantitative estimate of drug-likeness (QED) is 0.628. The highest BCUT2D eigenvalue weighted by atomic mass is 16.5. The molecule has 0 aliphatic carbocycles. The van der Waals surface area contributed by atoms with Crippen molar-refractivity contribution in [2.45, 2.75) is 13.1 Å². The first kappa shape index (κ1) is 15.0. The van der Waals surface area contributed by atoms with Crippen molar-refractivity contribution in [3.8, 4) is 5.88 Å². The third kappa shape index (κ3) is 4.03. The van der Waals surface area contributed by atoms with Gasteiger partial charge in [0.05, 0.1) is 7.11 Å². The molecule has 3 N–H and O–H groups in total. The summed E-state index contributed by atoms with van der Waals surface area (Å²) in [4.78, 5) is 6.37. The van der Waals surface area contributed by atoms with Crippen LogP contribution >= 0.6 is 0 Å². The average molecular weight is 284 g/mol. The van der Waals surface area contributed by atoms with E-state index in [-0.39, 0.29) is 5.84 Å². The smallest absolute Gasteiger partial charge is 0.217 e. The molecule has 1 heterocycles. The maximum Gasteiger partial charge on any atom is 0.217 e. The van der Waals surface area contributed by atoms with E-state index in [4.69, 9.17) is 15.9 Å². The first-order valence-corrected chi connectivity index (χ1v) is 6.70. The summed E-state index contributed by atoms with van der Waals surface area (Å²) in [6.07, 6.45) is 1.72. The highest BCUT2D eigenvalue weighted by molar-refractivity contribution is 5.95. The molecule has 0 fully saturated rings. The number of pyridine rings is 1. The molecule has 2 rings (SSSR count). The fraction of sp³-hybridized carbons (Fsp3) is 0.250. The van der Waals surface area contributed by atoms with Gasteiger partial charge in [-0.25, -0.2) is 4.98 Å². The van der Waals surface area contributed by atoms with Crippen LogP contribution in [-0.4, -0.2) is 29.9 Å². The van der Waals surface area contributed by atoms with Gasteiger partial charge in [-0.05, 0) is 24.7 Å². The van der Waals surface area contributed by atoms with Crippen LogP contribution in [-0.2, 0) is 13.1 Å². The molecule has 0 radical (unpaired) electrons. The van der Waals surface area contributed by atoms with Crippen molar-refractivity contribution in [3.05, 3.63) is 59.3 Å². The molecular weight excluding hydrogens is 264 g/mol. The molecule has 0 aliphatic rings. The van der Waals surface area contributed by atoms with Crippen LogP contribution in [0.2, 0.25) is 0 Å². The zero-order valence-electron chi connectivity index (χ0n) is 12.3. The Kier molecular flexibility index (Phi) is 4.90. The number of nitrogen functional groups attached to an aromatic ring is 1. The Bertz CT molecular complexity index is 627. The molecule has 0 bridgehead atoms. The molecule has 0 saturated carbocycles. The third-order valence-corrected chi connectivity index (χ3v) is 3.17. The Morgan fingerprint density at radius 2 is 2.10 bits per heavy atom. The molecular formula is C16H20N4O. The van der Waals surface area contributed by atoms with Gasteiger partial charge in [0.2, 0.25) is 5.88 Å². The number of nitrogens with two attached hydrogens (primary N) is 1. The Morgan fingerprint density at radius 3 is 2.81 bits per heavy atom. The van der Waals surface area contributed by atoms with E-state index in [0.717, 1.165) is 29.8 Å². The predicted octanol–water partition coefficient (Wildman–Crippen LogP) is 2.01. The number of aromatic nitrogens is 1. The maximum atomic E-state index is 7.49. The van der Waals surface area contributed by atoms with Gasteiger partial charge in [-0.3, -0.25) is 10.3 Å². The zero-order chi connectivity index (χ0) is 15.2. The Hall–Kier alpha value is -2.40. The number of nitrogens with one attached hydrogen (secondary N) is 1. The first-order chi connectivity index (χ1) is 10.1. The van der Waals surface area contributed by atoms with E-state index in [1.807, 2.05) is 43.4 Å². The summed E-state index contributed by atoms with van der Waals surface area (Å²) in [5, 5.41) is 7.49. The van der Waals surface area contributed by atoms with E-state index in [1.165, 1.54) is 0 Å². The average Bonchev–Trinajstić information content (AvgIpc) is 2.48. The predicted molar refractivity (Wildman–Crippen MR) is 83.4 cm³/mol. The lowest BCUT2D eigenvalue weighted by molar-refractivity contribution is 0.307. The number of rotatable bonds is 6. The summed E-state index contributed by atoms with van der Waals surface area (Å²) in [7, 11) is 3.66.